The van der Waals surface area contributed by atoms with Crippen LogP contribution in [0, 0.1) is 5.82 Å². The molecule has 0 spiro atoms. The van der Waals surface area contributed by atoms with Crippen LogP contribution in [0.5, 0.6) is 0 Å². The van der Waals surface area contributed by atoms with Gasteiger partial charge in [0, 0.05) is 43.8 Å². The quantitative estimate of drug-likeness (QED) is 0.263. The van der Waals surface area contributed by atoms with Crippen LogP contribution < -0.4 is 5.32 Å². The first-order valence-corrected chi connectivity index (χ1v) is 18.0. The molecule has 1 N–H and O–H groups in total. The van der Waals surface area contributed by atoms with Gasteiger partial charge in [-0.25, -0.2) is 8.57 Å². The molecule has 2 aliphatic carbocycles. The Morgan fingerprint density at radius 1 is 0.935 bits per heavy atom. The van der Waals surface area contributed by atoms with Crippen molar-refractivity contribution in [2.24, 2.45) is 0 Å². The topological polar surface area (TPSA) is 79.0 Å². The van der Waals surface area contributed by atoms with Crippen LogP contribution >= 0.6 is 11.6 Å². The summed E-state index contributed by atoms with van der Waals surface area (Å²) in [6.07, 6.45) is 4.27. The summed E-state index contributed by atoms with van der Waals surface area (Å²) >= 11 is 5.96. The first kappa shape index (κ1) is 35.1. The van der Waals surface area contributed by atoms with E-state index in [9.17, 15) is 30.8 Å². The summed E-state index contributed by atoms with van der Waals surface area (Å²) in [6.45, 7) is 1.37. The zero-order valence-corrected chi connectivity index (χ0v) is 27.4. The van der Waals surface area contributed by atoms with Gasteiger partial charge in [-0.15, -0.1) is 0 Å². The third-order valence-corrected chi connectivity index (χ3v) is 11.6. The molecule has 1 amide bonds. The van der Waals surface area contributed by atoms with Crippen molar-refractivity contribution in [1.29, 1.82) is 0 Å². The summed E-state index contributed by atoms with van der Waals surface area (Å²) in [5, 5.41) is 2.33. The van der Waals surface area contributed by atoms with Crippen LogP contribution in [-0.2, 0) is 26.3 Å². The second-order valence-corrected chi connectivity index (χ2v) is 14.6. The molecule has 46 heavy (non-hydrogen) atoms. The Kier molecular flexibility index (Phi) is 11.3. The zero-order chi connectivity index (χ0) is 33.0. The lowest BCUT2D eigenvalue weighted by atomic mass is 9.83. The van der Waals surface area contributed by atoms with Crippen LogP contribution in [0.1, 0.15) is 98.5 Å². The van der Waals surface area contributed by atoms with Gasteiger partial charge in [-0.2, -0.15) is 25.9 Å². The Morgan fingerprint density at radius 3 is 2.04 bits per heavy atom. The smallest absolute Gasteiger partial charge is 0.351 e. The van der Waals surface area contributed by atoms with Gasteiger partial charge in [0.25, 0.3) is 5.91 Å². The normalized spacial score (nSPS) is 20.6. The molecule has 1 heterocycles. The minimum absolute atomic E-state index is 0.125. The predicted molar refractivity (Wildman–Crippen MR) is 168 cm³/mol. The van der Waals surface area contributed by atoms with Crippen LogP contribution in [-0.4, -0.2) is 61.8 Å². The Labute approximate surface area is 273 Å². The monoisotopic (exact) mass is 687 g/mol. The molecule has 0 aromatic heterocycles. The third kappa shape index (κ3) is 8.42. The molecular weight excluding hydrogens is 646 g/mol. The second-order valence-electron chi connectivity index (χ2n) is 12.7. The van der Waals surface area contributed by atoms with E-state index < -0.39 is 38.5 Å². The summed E-state index contributed by atoms with van der Waals surface area (Å²) in [7, 11) is -4.35. The number of rotatable bonds is 10. The molecule has 2 saturated carbocycles. The molecule has 1 saturated heterocycles. The number of carbonyl (C=O) groups excluding carboxylic acids is 1. The standard InChI is InChI=1S/C33H42ClF4N3O4S/c34-30-16-13-25(23-29(30)33(36,37)38)32(17-20-40(21-18-32)22-19-39-31(42)24-11-14-26(35)15-12-24)45-46(43,44)41(27-7-3-1-4-8-27)28-9-5-2-6-10-28/h11-16,23,27-28H,1-10,17-22H2,(H,39,42). The number of amides is 1. The van der Waals surface area contributed by atoms with Crippen molar-refractivity contribution in [2.45, 2.75) is 101 Å². The molecule has 5 rings (SSSR count). The fourth-order valence-corrected chi connectivity index (χ4v) is 9.32. The number of hydrogen-bond acceptors (Lipinski definition) is 5. The molecule has 13 heteroatoms. The number of nitrogens with one attached hydrogen (secondary N) is 1. The van der Waals surface area contributed by atoms with Crippen molar-refractivity contribution < 1.29 is 35.0 Å². The lowest BCUT2D eigenvalue weighted by Gasteiger charge is -2.45. The van der Waals surface area contributed by atoms with Gasteiger partial charge >= 0.3 is 16.5 Å². The number of alkyl halides is 3. The summed E-state index contributed by atoms with van der Waals surface area (Å²) in [5.74, 6) is -0.798. The summed E-state index contributed by atoms with van der Waals surface area (Å²) in [4.78, 5) is 14.5. The number of carbonyl (C=O) groups is 1. The minimum atomic E-state index is -4.73. The van der Waals surface area contributed by atoms with Crippen molar-refractivity contribution in [1.82, 2.24) is 14.5 Å². The van der Waals surface area contributed by atoms with Gasteiger partial charge in [0.2, 0.25) is 0 Å². The maximum atomic E-state index is 14.4. The van der Waals surface area contributed by atoms with Crippen molar-refractivity contribution >= 4 is 27.8 Å². The number of hydrogen-bond donors (Lipinski definition) is 1. The summed E-state index contributed by atoms with van der Waals surface area (Å²) in [5.41, 5.74) is -2.11. The van der Waals surface area contributed by atoms with Gasteiger partial charge in [-0.3, -0.25) is 4.79 Å². The highest BCUT2D eigenvalue weighted by Crippen LogP contribution is 2.44. The SMILES string of the molecule is O=C(NCCN1CCC(OS(=O)(=O)N(C2CCCCC2)C2CCCCC2)(c2ccc(Cl)c(C(F)(F)F)c2)CC1)c1ccc(F)cc1. The Hall–Kier alpha value is -2.25. The maximum Gasteiger partial charge on any atom is 0.417 e. The average Bonchev–Trinajstić information content (AvgIpc) is 3.02. The fraction of sp³-hybridized carbons (Fsp3) is 0.606. The molecule has 0 radical (unpaired) electrons. The molecule has 2 aromatic rings. The van der Waals surface area contributed by atoms with E-state index in [4.69, 9.17) is 15.8 Å². The molecule has 1 aliphatic heterocycles. The van der Waals surface area contributed by atoms with Gasteiger partial charge in [0.15, 0.2) is 0 Å². The summed E-state index contributed by atoms with van der Waals surface area (Å²) < 4.78 is 91.7. The van der Waals surface area contributed by atoms with Crippen molar-refractivity contribution in [3.63, 3.8) is 0 Å². The number of benzene rings is 2. The molecule has 0 bridgehead atoms. The van der Waals surface area contributed by atoms with Crippen LogP contribution in [0.15, 0.2) is 42.5 Å². The molecule has 3 fully saturated rings. The van der Waals surface area contributed by atoms with E-state index in [1.807, 2.05) is 4.90 Å². The molecule has 2 aromatic carbocycles. The Balaban J connectivity index is 1.37. The van der Waals surface area contributed by atoms with Crippen LogP contribution in [0.4, 0.5) is 17.6 Å². The van der Waals surface area contributed by atoms with E-state index in [1.165, 1.54) is 30.3 Å². The van der Waals surface area contributed by atoms with E-state index in [0.717, 1.165) is 76.3 Å². The lowest BCUT2D eigenvalue weighted by Crippen LogP contribution is -2.53. The molecule has 3 aliphatic rings. The summed E-state index contributed by atoms with van der Waals surface area (Å²) in [6, 6.07) is 8.34. The van der Waals surface area contributed by atoms with E-state index in [0.29, 0.717) is 25.2 Å². The van der Waals surface area contributed by atoms with Crippen LogP contribution in [0.2, 0.25) is 5.02 Å². The first-order valence-electron chi connectivity index (χ1n) is 16.3. The number of nitrogens with zero attached hydrogens (tertiary/aromatic N) is 2. The van der Waals surface area contributed by atoms with E-state index in [-0.39, 0.29) is 42.9 Å². The largest absolute Gasteiger partial charge is 0.417 e. The Morgan fingerprint density at radius 2 is 1.50 bits per heavy atom. The highest BCUT2D eigenvalue weighted by molar-refractivity contribution is 7.84. The first-order chi connectivity index (χ1) is 21.9. The predicted octanol–water partition coefficient (Wildman–Crippen LogP) is 7.45. The van der Waals surface area contributed by atoms with E-state index in [1.54, 1.807) is 4.31 Å². The molecule has 0 unspecified atom stereocenters. The van der Waals surface area contributed by atoms with Gasteiger partial charge < -0.3 is 10.2 Å². The van der Waals surface area contributed by atoms with Gasteiger partial charge in [-0.1, -0.05) is 56.2 Å². The fourth-order valence-electron chi connectivity index (χ4n) is 7.19. The van der Waals surface area contributed by atoms with Crippen molar-refractivity contribution in [3.8, 4) is 0 Å². The highest BCUT2D eigenvalue weighted by Gasteiger charge is 2.47. The van der Waals surface area contributed by atoms with Crippen molar-refractivity contribution in [2.75, 3.05) is 26.2 Å². The third-order valence-electron chi connectivity index (χ3n) is 9.67. The van der Waals surface area contributed by atoms with E-state index in [2.05, 4.69) is 5.32 Å². The maximum absolute atomic E-state index is 14.4. The van der Waals surface area contributed by atoms with Crippen molar-refractivity contribution in [3.05, 3.63) is 70.0 Å². The van der Waals surface area contributed by atoms with Gasteiger partial charge in [0.05, 0.1) is 10.6 Å². The zero-order valence-electron chi connectivity index (χ0n) is 25.8. The number of likely N-dealkylation sites (tertiary alicyclic amines) is 1. The Bertz CT molecular complexity index is 1420. The second kappa shape index (κ2) is 14.9. The number of halogens is 5. The molecule has 7 nitrogen and oxygen atoms in total. The number of piperidine rings is 1. The van der Waals surface area contributed by atoms with Gasteiger partial charge in [0.1, 0.15) is 11.4 Å². The van der Waals surface area contributed by atoms with Gasteiger partial charge in [-0.05, 0) is 80.5 Å². The highest BCUT2D eigenvalue weighted by atomic mass is 35.5. The molecular formula is C33H42ClF4N3O4S. The van der Waals surface area contributed by atoms with E-state index >= 15 is 0 Å². The van der Waals surface area contributed by atoms with Crippen LogP contribution in [0.3, 0.4) is 0 Å². The lowest BCUT2D eigenvalue weighted by molar-refractivity contribution is -0.137. The van der Waals surface area contributed by atoms with Crippen LogP contribution in [0.25, 0.3) is 0 Å². The minimum Gasteiger partial charge on any atom is -0.351 e. The molecule has 0 atom stereocenters. The molecule has 254 valence electrons. The average molecular weight is 688 g/mol.